The van der Waals surface area contributed by atoms with Crippen LogP contribution in [0.25, 0.3) is 0 Å². The summed E-state index contributed by atoms with van der Waals surface area (Å²) in [6.07, 6.45) is 0.586. The van der Waals surface area contributed by atoms with Crippen molar-refractivity contribution in [3.05, 3.63) is 0 Å². The van der Waals surface area contributed by atoms with Crippen LogP contribution in [0.4, 0.5) is 0 Å². The van der Waals surface area contributed by atoms with Gasteiger partial charge >= 0.3 is 11.9 Å². The minimum Gasteiger partial charge on any atom is -0.469 e. The monoisotopic (exact) mass is 243 g/mol. The lowest BCUT2D eigenvalue weighted by molar-refractivity contribution is -0.168. The van der Waals surface area contributed by atoms with Gasteiger partial charge < -0.3 is 14.8 Å². The molecule has 1 fully saturated rings. The molecule has 1 aliphatic rings. The third kappa shape index (κ3) is 2.97. The zero-order chi connectivity index (χ0) is 13.3. The van der Waals surface area contributed by atoms with E-state index in [0.717, 1.165) is 0 Å². The third-order valence-corrected chi connectivity index (χ3v) is 2.93. The van der Waals surface area contributed by atoms with Crippen LogP contribution < -0.4 is 5.32 Å². The van der Waals surface area contributed by atoms with Crippen LogP contribution in [-0.4, -0.2) is 36.7 Å². The number of hydrogen-bond donors (Lipinski definition) is 1. The van der Waals surface area contributed by atoms with Crippen molar-refractivity contribution in [2.45, 2.75) is 45.3 Å². The van der Waals surface area contributed by atoms with E-state index in [1.165, 1.54) is 7.11 Å². The Morgan fingerprint density at radius 2 is 1.94 bits per heavy atom. The summed E-state index contributed by atoms with van der Waals surface area (Å²) in [5, 5.41) is 3.05. The Labute approximate surface area is 102 Å². The first-order valence-electron chi connectivity index (χ1n) is 5.77. The van der Waals surface area contributed by atoms with Crippen LogP contribution in [0.5, 0.6) is 0 Å². The molecular weight excluding hydrogens is 222 g/mol. The molecule has 1 N–H and O–H groups in total. The number of rotatable bonds is 2. The Morgan fingerprint density at radius 3 is 2.41 bits per heavy atom. The molecule has 1 rings (SSSR count). The van der Waals surface area contributed by atoms with E-state index in [0.29, 0.717) is 13.0 Å². The number of methoxy groups -OCH3 is 1. The summed E-state index contributed by atoms with van der Waals surface area (Å²) in [4.78, 5) is 23.8. The average molecular weight is 243 g/mol. The van der Waals surface area contributed by atoms with E-state index in [-0.39, 0.29) is 5.97 Å². The van der Waals surface area contributed by atoms with Crippen LogP contribution in [0.15, 0.2) is 0 Å². The van der Waals surface area contributed by atoms with Crippen molar-refractivity contribution in [2.75, 3.05) is 13.7 Å². The molecule has 0 bridgehead atoms. The summed E-state index contributed by atoms with van der Waals surface area (Å²) in [7, 11) is 1.33. The predicted octanol–water partition coefficient (Wildman–Crippen LogP) is 0.869. The lowest BCUT2D eigenvalue weighted by atomic mass is 9.87. The highest BCUT2D eigenvalue weighted by Gasteiger charge is 2.51. The van der Waals surface area contributed by atoms with Crippen LogP contribution in [-0.2, 0) is 19.1 Å². The molecule has 0 aliphatic carbocycles. The molecule has 0 saturated carbocycles. The third-order valence-electron chi connectivity index (χ3n) is 2.93. The fraction of sp³-hybridized carbons (Fsp3) is 0.833. The number of nitrogens with one attached hydrogen (secondary N) is 1. The average Bonchev–Trinajstić information content (AvgIpc) is 2.58. The molecule has 5 nitrogen and oxygen atoms in total. The van der Waals surface area contributed by atoms with E-state index in [2.05, 4.69) is 5.32 Å². The maximum absolute atomic E-state index is 12.1. The molecule has 0 aromatic heterocycles. The van der Waals surface area contributed by atoms with E-state index < -0.39 is 23.0 Å². The lowest BCUT2D eigenvalue weighted by Crippen LogP contribution is -2.54. The highest BCUT2D eigenvalue weighted by molar-refractivity contribution is 5.89. The van der Waals surface area contributed by atoms with Crippen molar-refractivity contribution in [1.82, 2.24) is 5.32 Å². The van der Waals surface area contributed by atoms with Crippen molar-refractivity contribution >= 4 is 11.9 Å². The van der Waals surface area contributed by atoms with Crippen LogP contribution in [0, 0.1) is 5.92 Å². The molecule has 2 atom stereocenters. The highest BCUT2D eigenvalue weighted by Crippen LogP contribution is 2.30. The van der Waals surface area contributed by atoms with Gasteiger partial charge in [-0.15, -0.1) is 0 Å². The molecule has 0 aromatic carbocycles. The van der Waals surface area contributed by atoms with Crippen molar-refractivity contribution in [1.29, 1.82) is 0 Å². The van der Waals surface area contributed by atoms with Crippen LogP contribution in [0.3, 0.4) is 0 Å². The Bertz CT molecular complexity index is 321. The van der Waals surface area contributed by atoms with Crippen molar-refractivity contribution in [3.63, 3.8) is 0 Å². The summed E-state index contributed by atoms with van der Waals surface area (Å²) in [6.45, 7) is 7.70. The first-order valence-corrected chi connectivity index (χ1v) is 5.77. The molecule has 1 aliphatic heterocycles. The first kappa shape index (κ1) is 14.0. The van der Waals surface area contributed by atoms with E-state index in [1.807, 2.05) is 0 Å². The minimum atomic E-state index is -0.986. The summed E-state index contributed by atoms with van der Waals surface area (Å²) in [5.41, 5.74) is -1.55. The van der Waals surface area contributed by atoms with Gasteiger partial charge in [0.2, 0.25) is 0 Å². The molecular formula is C12H21NO4. The van der Waals surface area contributed by atoms with E-state index in [9.17, 15) is 9.59 Å². The highest BCUT2D eigenvalue weighted by atomic mass is 16.6. The quantitative estimate of drug-likeness (QED) is 0.729. The van der Waals surface area contributed by atoms with Gasteiger partial charge in [-0.2, -0.15) is 0 Å². The standard InChI is InChI=1S/C12H21NO4/c1-11(2,3)17-10(15)12(4)8(6-7-13-12)9(14)16-5/h8,13H,6-7H2,1-5H3/t8?,12-/m0/s1. The molecule has 1 unspecified atom stereocenters. The summed E-state index contributed by atoms with van der Waals surface area (Å²) in [5.74, 6) is -1.26. The molecule has 0 amide bonds. The van der Waals surface area contributed by atoms with Crippen LogP contribution in [0.2, 0.25) is 0 Å². The molecule has 0 radical (unpaired) electrons. The Morgan fingerprint density at radius 1 is 1.35 bits per heavy atom. The molecule has 98 valence electrons. The topological polar surface area (TPSA) is 64.6 Å². The van der Waals surface area contributed by atoms with Gasteiger partial charge in [-0.1, -0.05) is 0 Å². The molecule has 1 heterocycles. The second kappa shape index (κ2) is 4.64. The molecule has 1 saturated heterocycles. The molecule has 17 heavy (non-hydrogen) atoms. The van der Waals surface area contributed by atoms with Crippen LogP contribution >= 0.6 is 0 Å². The number of ether oxygens (including phenoxy) is 2. The summed E-state index contributed by atoms with van der Waals surface area (Å²) >= 11 is 0. The normalized spacial score (nSPS) is 28.9. The van der Waals surface area contributed by atoms with Crippen molar-refractivity contribution < 1.29 is 19.1 Å². The maximum Gasteiger partial charge on any atom is 0.327 e. The summed E-state index contributed by atoms with van der Waals surface area (Å²) in [6, 6.07) is 0. The Hall–Kier alpha value is -1.10. The van der Waals surface area contributed by atoms with Crippen molar-refractivity contribution in [3.8, 4) is 0 Å². The second-order valence-corrected chi connectivity index (χ2v) is 5.50. The van der Waals surface area contributed by atoms with Gasteiger partial charge in [0, 0.05) is 0 Å². The first-order chi connectivity index (χ1) is 7.70. The number of esters is 2. The van der Waals surface area contributed by atoms with E-state index in [4.69, 9.17) is 9.47 Å². The maximum atomic E-state index is 12.1. The Kier molecular flexibility index (Phi) is 3.81. The fourth-order valence-electron chi connectivity index (χ4n) is 1.98. The van der Waals surface area contributed by atoms with Crippen LogP contribution in [0.1, 0.15) is 34.1 Å². The molecule has 5 heteroatoms. The van der Waals surface area contributed by atoms with E-state index >= 15 is 0 Å². The van der Waals surface area contributed by atoms with Gasteiger partial charge in [0.15, 0.2) is 0 Å². The second-order valence-electron chi connectivity index (χ2n) is 5.50. The van der Waals surface area contributed by atoms with Gasteiger partial charge in [-0.3, -0.25) is 9.59 Å². The van der Waals surface area contributed by atoms with Gasteiger partial charge in [0.05, 0.1) is 13.0 Å². The van der Waals surface area contributed by atoms with Gasteiger partial charge in [0.1, 0.15) is 11.1 Å². The number of carbonyl (C=O) groups is 2. The largest absolute Gasteiger partial charge is 0.469 e. The van der Waals surface area contributed by atoms with Crippen molar-refractivity contribution in [2.24, 2.45) is 5.92 Å². The predicted molar refractivity (Wildman–Crippen MR) is 62.4 cm³/mol. The number of carbonyl (C=O) groups excluding carboxylic acids is 2. The minimum absolute atomic E-state index is 0.372. The molecule has 0 spiro atoms. The van der Waals surface area contributed by atoms with Gasteiger partial charge in [-0.05, 0) is 40.7 Å². The van der Waals surface area contributed by atoms with E-state index in [1.54, 1.807) is 27.7 Å². The SMILES string of the molecule is COC(=O)C1CCN[C@]1(C)C(=O)OC(C)(C)C. The Balaban J connectivity index is 2.85. The lowest BCUT2D eigenvalue weighted by Gasteiger charge is -2.31. The van der Waals surface area contributed by atoms with Gasteiger partial charge in [-0.25, -0.2) is 0 Å². The smallest absolute Gasteiger partial charge is 0.327 e. The number of hydrogen-bond acceptors (Lipinski definition) is 5. The summed E-state index contributed by atoms with van der Waals surface area (Å²) < 4.78 is 10.1. The molecule has 0 aromatic rings. The fourth-order valence-corrected chi connectivity index (χ4v) is 1.98. The zero-order valence-electron chi connectivity index (χ0n) is 11.1. The van der Waals surface area contributed by atoms with Gasteiger partial charge in [0.25, 0.3) is 0 Å². The zero-order valence-corrected chi connectivity index (χ0v) is 11.1.